The van der Waals surface area contributed by atoms with Crippen LogP contribution in [0.1, 0.15) is 29.8 Å². The Morgan fingerprint density at radius 3 is 2.47 bits per heavy atom. The number of furan rings is 1. The van der Waals surface area contributed by atoms with Crippen LogP contribution in [0.3, 0.4) is 0 Å². The van der Waals surface area contributed by atoms with E-state index >= 15 is 0 Å². The van der Waals surface area contributed by atoms with Crippen LogP contribution >= 0.6 is 0 Å². The molecule has 2 aromatic carbocycles. The highest BCUT2D eigenvalue weighted by molar-refractivity contribution is 7.89. The number of hydrogen-bond donors (Lipinski definition) is 1. The highest BCUT2D eigenvalue weighted by Crippen LogP contribution is 2.31. The van der Waals surface area contributed by atoms with Gasteiger partial charge in [-0.15, -0.1) is 0 Å². The van der Waals surface area contributed by atoms with Crippen LogP contribution in [0.25, 0.3) is 11.0 Å². The quantitative estimate of drug-likeness (QED) is 0.667. The van der Waals surface area contributed by atoms with Gasteiger partial charge in [-0.1, -0.05) is 24.6 Å². The number of carbonyl (C=O) groups excluding carboxylic acids is 1. The standard InChI is InChI=1S/C22H25N3O4S/c1-24(2)19-11-10-17(30(27,28)25-12-6-3-7-13-25)15-18(19)23-22(26)21-14-16-8-4-5-9-20(16)29-21/h4-5,8-11,14-15H,3,6-7,12-13H2,1-2H3,(H,23,26). The minimum atomic E-state index is -3.61. The summed E-state index contributed by atoms with van der Waals surface area (Å²) < 4.78 is 33.3. The van der Waals surface area contributed by atoms with Crippen molar-refractivity contribution >= 4 is 38.3 Å². The van der Waals surface area contributed by atoms with Crippen LogP contribution in [0, 0.1) is 0 Å². The molecule has 4 rings (SSSR count). The van der Waals surface area contributed by atoms with Gasteiger partial charge < -0.3 is 14.6 Å². The van der Waals surface area contributed by atoms with E-state index in [0.717, 1.165) is 24.6 Å². The Balaban J connectivity index is 1.67. The molecule has 0 atom stereocenters. The SMILES string of the molecule is CN(C)c1ccc(S(=O)(=O)N2CCCCC2)cc1NC(=O)c1cc2ccccc2o1. The maximum absolute atomic E-state index is 13.1. The summed E-state index contributed by atoms with van der Waals surface area (Å²) in [5, 5.41) is 3.66. The third-order valence-corrected chi connectivity index (χ3v) is 7.19. The van der Waals surface area contributed by atoms with Crippen molar-refractivity contribution in [2.45, 2.75) is 24.2 Å². The topological polar surface area (TPSA) is 82.9 Å². The van der Waals surface area contributed by atoms with E-state index < -0.39 is 15.9 Å². The van der Waals surface area contributed by atoms with Crippen molar-refractivity contribution in [3.05, 3.63) is 54.3 Å². The molecule has 7 nitrogen and oxygen atoms in total. The van der Waals surface area contributed by atoms with Crippen molar-refractivity contribution in [2.75, 3.05) is 37.4 Å². The second-order valence-electron chi connectivity index (χ2n) is 7.64. The molecule has 0 radical (unpaired) electrons. The van der Waals surface area contributed by atoms with Crippen molar-refractivity contribution in [1.82, 2.24) is 4.31 Å². The number of carbonyl (C=O) groups is 1. The molecule has 1 N–H and O–H groups in total. The minimum absolute atomic E-state index is 0.171. The molecule has 1 aliphatic heterocycles. The summed E-state index contributed by atoms with van der Waals surface area (Å²) in [7, 11) is 0.0687. The average molecular weight is 428 g/mol. The number of para-hydroxylation sites is 1. The molecule has 1 aromatic heterocycles. The maximum atomic E-state index is 13.1. The number of sulfonamides is 1. The zero-order valence-corrected chi connectivity index (χ0v) is 17.9. The number of nitrogens with one attached hydrogen (secondary N) is 1. The molecular formula is C22H25N3O4S. The number of hydrogen-bond acceptors (Lipinski definition) is 5. The lowest BCUT2D eigenvalue weighted by Gasteiger charge is -2.26. The Bertz CT molecular complexity index is 1150. The van der Waals surface area contributed by atoms with Gasteiger partial charge in [0.15, 0.2) is 5.76 Å². The number of piperidine rings is 1. The Morgan fingerprint density at radius 2 is 1.77 bits per heavy atom. The van der Waals surface area contributed by atoms with Crippen LogP contribution in [-0.2, 0) is 10.0 Å². The molecule has 3 aromatic rings. The largest absolute Gasteiger partial charge is 0.451 e. The number of amides is 1. The number of fused-ring (bicyclic) bond motifs is 1. The summed E-state index contributed by atoms with van der Waals surface area (Å²) in [5.74, 6) is -0.257. The van der Waals surface area contributed by atoms with Gasteiger partial charge in [0.05, 0.1) is 16.3 Å². The van der Waals surface area contributed by atoms with E-state index in [2.05, 4.69) is 5.32 Å². The Kier molecular flexibility index (Phi) is 5.53. The van der Waals surface area contributed by atoms with E-state index in [1.54, 1.807) is 24.3 Å². The summed E-state index contributed by atoms with van der Waals surface area (Å²) in [6.45, 7) is 1.05. The van der Waals surface area contributed by atoms with Crippen molar-refractivity contribution in [3.63, 3.8) is 0 Å². The van der Waals surface area contributed by atoms with Gasteiger partial charge in [-0.2, -0.15) is 4.31 Å². The molecule has 158 valence electrons. The Labute approximate surface area is 176 Å². The molecule has 8 heteroatoms. The summed E-state index contributed by atoms with van der Waals surface area (Å²) >= 11 is 0. The molecule has 1 amide bonds. The summed E-state index contributed by atoms with van der Waals surface area (Å²) in [6.07, 6.45) is 2.78. The van der Waals surface area contributed by atoms with Gasteiger partial charge in [0.1, 0.15) is 5.58 Å². The number of anilines is 2. The predicted octanol–water partition coefficient (Wildman–Crippen LogP) is 3.93. The minimum Gasteiger partial charge on any atom is -0.451 e. The third-order valence-electron chi connectivity index (χ3n) is 5.30. The second-order valence-corrected chi connectivity index (χ2v) is 9.58. The summed E-state index contributed by atoms with van der Waals surface area (Å²) in [4.78, 5) is 14.8. The van der Waals surface area contributed by atoms with E-state index in [0.29, 0.717) is 30.0 Å². The first-order valence-corrected chi connectivity index (χ1v) is 11.4. The average Bonchev–Trinajstić information content (AvgIpc) is 3.18. The first kappa shape index (κ1) is 20.4. The van der Waals surface area contributed by atoms with Gasteiger partial charge >= 0.3 is 0 Å². The van der Waals surface area contributed by atoms with Gasteiger partial charge in [-0.25, -0.2) is 8.42 Å². The van der Waals surface area contributed by atoms with E-state index in [4.69, 9.17) is 4.42 Å². The van der Waals surface area contributed by atoms with E-state index in [1.807, 2.05) is 37.2 Å². The van der Waals surface area contributed by atoms with Crippen LogP contribution in [-0.4, -0.2) is 45.8 Å². The molecule has 1 saturated heterocycles. The molecule has 1 fully saturated rings. The Morgan fingerprint density at radius 1 is 1.03 bits per heavy atom. The fourth-order valence-electron chi connectivity index (χ4n) is 3.70. The number of rotatable bonds is 5. The van der Waals surface area contributed by atoms with Gasteiger partial charge in [0, 0.05) is 32.6 Å². The summed E-state index contributed by atoms with van der Waals surface area (Å²) in [6, 6.07) is 13.9. The molecule has 0 bridgehead atoms. The fourth-order valence-corrected chi connectivity index (χ4v) is 5.24. The van der Waals surface area contributed by atoms with Crippen molar-refractivity contribution in [1.29, 1.82) is 0 Å². The van der Waals surface area contributed by atoms with Crippen molar-refractivity contribution in [3.8, 4) is 0 Å². The van der Waals surface area contributed by atoms with Crippen LogP contribution < -0.4 is 10.2 Å². The van der Waals surface area contributed by atoms with Crippen molar-refractivity contribution < 1.29 is 17.6 Å². The van der Waals surface area contributed by atoms with E-state index in [1.165, 1.54) is 10.4 Å². The molecule has 0 saturated carbocycles. The summed E-state index contributed by atoms with van der Waals surface area (Å²) in [5.41, 5.74) is 1.75. The van der Waals surface area contributed by atoms with Gasteiger partial charge in [0.2, 0.25) is 10.0 Å². The van der Waals surface area contributed by atoms with Gasteiger partial charge in [-0.3, -0.25) is 4.79 Å². The molecule has 0 aliphatic carbocycles. The lowest BCUT2D eigenvalue weighted by Crippen LogP contribution is -2.35. The van der Waals surface area contributed by atoms with Crippen LogP contribution in [0.5, 0.6) is 0 Å². The smallest absolute Gasteiger partial charge is 0.291 e. The first-order valence-electron chi connectivity index (χ1n) is 9.98. The molecule has 0 unspecified atom stereocenters. The zero-order chi connectivity index (χ0) is 21.3. The molecule has 0 spiro atoms. The van der Waals surface area contributed by atoms with Crippen molar-refractivity contribution in [2.24, 2.45) is 0 Å². The molecule has 2 heterocycles. The van der Waals surface area contributed by atoms with E-state index in [9.17, 15) is 13.2 Å². The van der Waals surface area contributed by atoms with Crippen LogP contribution in [0.4, 0.5) is 11.4 Å². The Hall–Kier alpha value is -2.84. The second kappa shape index (κ2) is 8.12. The first-order chi connectivity index (χ1) is 14.4. The normalized spacial score (nSPS) is 15.3. The number of nitrogens with zero attached hydrogens (tertiary/aromatic N) is 2. The highest BCUT2D eigenvalue weighted by atomic mass is 32.2. The lowest BCUT2D eigenvalue weighted by atomic mass is 10.2. The molecule has 30 heavy (non-hydrogen) atoms. The number of benzene rings is 2. The monoisotopic (exact) mass is 427 g/mol. The van der Waals surface area contributed by atoms with Gasteiger partial charge in [0.25, 0.3) is 5.91 Å². The van der Waals surface area contributed by atoms with Gasteiger partial charge in [-0.05, 0) is 43.2 Å². The molecule has 1 aliphatic rings. The van der Waals surface area contributed by atoms with E-state index in [-0.39, 0.29) is 10.7 Å². The lowest BCUT2D eigenvalue weighted by molar-refractivity contribution is 0.0998. The van der Waals surface area contributed by atoms with Crippen LogP contribution in [0.2, 0.25) is 0 Å². The fraction of sp³-hybridized carbons (Fsp3) is 0.318. The van der Waals surface area contributed by atoms with Crippen LogP contribution in [0.15, 0.2) is 57.8 Å². The highest BCUT2D eigenvalue weighted by Gasteiger charge is 2.27. The predicted molar refractivity (Wildman–Crippen MR) is 118 cm³/mol. The molecular weight excluding hydrogens is 402 g/mol. The maximum Gasteiger partial charge on any atom is 0.291 e. The third kappa shape index (κ3) is 3.93. The zero-order valence-electron chi connectivity index (χ0n) is 17.1.